The van der Waals surface area contributed by atoms with Crippen LogP contribution in [0.3, 0.4) is 0 Å². The lowest BCUT2D eigenvalue weighted by atomic mass is 9.96. The molecule has 0 aliphatic carbocycles. The van der Waals surface area contributed by atoms with Gasteiger partial charge in [-0.3, -0.25) is 9.59 Å². The Labute approximate surface area is 113 Å². The zero-order valence-corrected chi connectivity index (χ0v) is 10.3. The van der Waals surface area contributed by atoms with Gasteiger partial charge in [0.2, 0.25) is 0 Å². The fourth-order valence-corrected chi connectivity index (χ4v) is 1.86. The van der Waals surface area contributed by atoms with E-state index in [0.29, 0.717) is 0 Å². The minimum Gasteiger partial charge on any atom is -0.481 e. The topological polar surface area (TPSA) is 54.4 Å². The predicted octanol–water partition coefficient (Wildman–Crippen LogP) is 2.82. The first-order valence-electron chi connectivity index (χ1n) is 5.78. The van der Waals surface area contributed by atoms with Crippen LogP contribution in [0, 0.1) is 11.6 Å². The Balaban J connectivity index is 2.47. The number of aliphatic carboxylic acids is 1. The molecule has 0 bridgehead atoms. The van der Waals surface area contributed by atoms with Crippen LogP contribution in [0.5, 0.6) is 0 Å². The molecule has 0 spiro atoms. The summed E-state index contributed by atoms with van der Waals surface area (Å²) in [5.74, 6) is -2.99. The summed E-state index contributed by atoms with van der Waals surface area (Å²) in [4.78, 5) is 23.0. The number of hydrogen-bond donors (Lipinski definition) is 1. The summed E-state index contributed by atoms with van der Waals surface area (Å²) in [6.07, 6.45) is -0.406. The summed E-state index contributed by atoms with van der Waals surface area (Å²) in [5.41, 5.74) is 0.161. The lowest BCUT2D eigenvalue weighted by Gasteiger charge is -2.07. The lowest BCUT2D eigenvalue weighted by molar-refractivity contribution is -0.136. The molecule has 2 aromatic rings. The number of benzene rings is 2. The molecule has 0 atom stereocenters. The highest BCUT2D eigenvalue weighted by Gasteiger charge is 2.16. The van der Waals surface area contributed by atoms with E-state index in [4.69, 9.17) is 5.11 Å². The van der Waals surface area contributed by atoms with Crippen LogP contribution in [-0.4, -0.2) is 16.9 Å². The number of hydrogen-bond acceptors (Lipinski definition) is 2. The summed E-state index contributed by atoms with van der Waals surface area (Å²) in [7, 11) is 0. The molecule has 20 heavy (non-hydrogen) atoms. The van der Waals surface area contributed by atoms with E-state index in [-0.39, 0.29) is 16.7 Å². The van der Waals surface area contributed by atoms with Crippen LogP contribution in [-0.2, 0) is 11.2 Å². The maximum atomic E-state index is 13.3. The zero-order valence-electron chi connectivity index (χ0n) is 10.3. The van der Waals surface area contributed by atoms with Gasteiger partial charge in [-0.1, -0.05) is 18.2 Å². The van der Waals surface area contributed by atoms with Crippen molar-refractivity contribution in [2.45, 2.75) is 6.42 Å². The molecule has 0 unspecified atom stereocenters. The van der Waals surface area contributed by atoms with Crippen LogP contribution in [0.25, 0.3) is 0 Å². The quantitative estimate of drug-likeness (QED) is 0.874. The van der Waals surface area contributed by atoms with E-state index in [1.165, 1.54) is 24.3 Å². The molecule has 0 saturated heterocycles. The molecule has 2 aromatic carbocycles. The highest BCUT2D eigenvalue weighted by atomic mass is 19.1. The van der Waals surface area contributed by atoms with Crippen molar-refractivity contribution < 1.29 is 23.5 Å². The van der Waals surface area contributed by atoms with Gasteiger partial charge < -0.3 is 5.11 Å². The van der Waals surface area contributed by atoms with E-state index in [2.05, 4.69) is 0 Å². The van der Waals surface area contributed by atoms with Gasteiger partial charge in [-0.05, 0) is 29.8 Å². The molecular weight excluding hydrogens is 266 g/mol. The second-order valence-corrected chi connectivity index (χ2v) is 4.21. The normalized spacial score (nSPS) is 10.3. The van der Waals surface area contributed by atoms with E-state index in [0.717, 1.165) is 18.2 Å². The zero-order chi connectivity index (χ0) is 14.7. The van der Waals surface area contributed by atoms with Crippen molar-refractivity contribution in [2.24, 2.45) is 0 Å². The van der Waals surface area contributed by atoms with Gasteiger partial charge >= 0.3 is 5.97 Å². The Morgan fingerprint density at radius 3 is 2.35 bits per heavy atom. The molecule has 5 heteroatoms. The highest BCUT2D eigenvalue weighted by Crippen LogP contribution is 2.18. The second kappa shape index (κ2) is 5.61. The van der Waals surface area contributed by atoms with Crippen molar-refractivity contribution in [1.29, 1.82) is 0 Å². The fourth-order valence-electron chi connectivity index (χ4n) is 1.86. The van der Waals surface area contributed by atoms with Crippen LogP contribution in [0.15, 0.2) is 42.5 Å². The number of carbonyl (C=O) groups is 2. The smallest absolute Gasteiger partial charge is 0.307 e. The second-order valence-electron chi connectivity index (χ2n) is 4.21. The van der Waals surface area contributed by atoms with Gasteiger partial charge in [-0.25, -0.2) is 8.78 Å². The van der Waals surface area contributed by atoms with Crippen molar-refractivity contribution in [1.82, 2.24) is 0 Å². The minimum absolute atomic E-state index is 0.0437. The van der Waals surface area contributed by atoms with Gasteiger partial charge in [-0.2, -0.15) is 0 Å². The fraction of sp³-hybridized carbons (Fsp3) is 0.0667. The third-order valence-corrected chi connectivity index (χ3v) is 2.75. The Bertz CT molecular complexity index is 681. The molecule has 0 saturated carbocycles. The summed E-state index contributed by atoms with van der Waals surface area (Å²) in [6.45, 7) is 0. The lowest BCUT2D eigenvalue weighted by Crippen LogP contribution is -2.10. The first-order valence-corrected chi connectivity index (χ1v) is 5.78. The molecule has 0 aromatic heterocycles. The van der Waals surface area contributed by atoms with Gasteiger partial charge in [0.25, 0.3) is 0 Å². The molecule has 0 aliphatic rings. The van der Waals surface area contributed by atoms with Crippen molar-refractivity contribution in [3.05, 3.63) is 70.8 Å². The summed E-state index contributed by atoms with van der Waals surface area (Å²) in [5, 5.41) is 8.79. The van der Waals surface area contributed by atoms with Gasteiger partial charge in [-0.15, -0.1) is 0 Å². The molecular formula is C15H10F2O3. The standard InChI is InChI=1S/C15H10F2O3/c16-11-3-1-2-10(6-11)15(20)13-8-12(17)5-4-9(13)7-14(18)19/h1-6,8H,7H2,(H,18,19). The summed E-state index contributed by atoms with van der Waals surface area (Å²) in [6, 6.07) is 8.25. The van der Waals surface area contributed by atoms with Crippen molar-refractivity contribution >= 4 is 11.8 Å². The number of carboxylic acids is 1. The number of carboxylic acid groups (broad SMARTS) is 1. The van der Waals surface area contributed by atoms with E-state index in [9.17, 15) is 18.4 Å². The first-order chi connectivity index (χ1) is 9.47. The maximum Gasteiger partial charge on any atom is 0.307 e. The SMILES string of the molecule is O=C(O)Cc1ccc(F)cc1C(=O)c1cccc(F)c1. The number of carbonyl (C=O) groups excluding carboxylic acids is 1. The monoisotopic (exact) mass is 276 g/mol. The minimum atomic E-state index is -1.13. The van der Waals surface area contributed by atoms with E-state index in [1.807, 2.05) is 0 Å². The molecule has 0 aliphatic heterocycles. The summed E-state index contributed by atoms with van der Waals surface area (Å²) < 4.78 is 26.4. The molecule has 1 N–H and O–H groups in total. The Kier molecular flexibility index (Phi) is 3.89. The van der Waals surface area contributed by atoms with Crippen molar-refractivity contribution in [2.75, 3.05) is 0 Å². The molecule has 0 radical (unpaired) electrons. The van der Waals surface area contributed by atoms with Crippen LogP contribution >= 0.6 is 0 Å². The first kappa shape index (κ1) is 13.9. The molecule has 102 valence electrons. The van der Waals surface area contributed by atoms with Crippen molar-refractivity contribution in [3.8, 4) is 0 Å². The van der Waals surface area contributed by atoms with E-state index < -0.39 is 29.8 Å². The Morgan fingerprint density at radius 2 is 1.70 bits per heavy atom. The van der Waals surface area contributed by atoms with Crippen LogP contribution in [0.2, 0.25) is 0 Å². The van der Waals surface area contributed by atoms with E-state index in [1.54, 1.807) is 0 Å². The van der Waals surface area contributed by atoms with Gasteiger partial charge in [0.05, 0.1) is 6.42 Å². The van der Waals surface area contributed by atoms with Gasteiger partial charge in [0.1, 0.15) is 11.6 Å². The third kappa shape index (κ3) is 3.06. The highest BCUT2D eigenvalue weighted by molar-refractivity contribution is 6.10. The molecule has 2 rings (SSSR count). The van der Waals surface area contributed by atoms with Gasteiger partial charge in [0.15, 0.2) is 5.78 Å². The molecule has 3 nitrogen and oxygen atoms in total. The third-order valence-electron chi connectivity index (χ3n) is 2.75. The average Bonchev–Trinajstić information content (AvgIpc) is 2.39. The van der Waals surface area contributed by atoms with E-state index >= 15 is 0 Å². The molecule has 0 fully saturated rings. The predicted molar refractivity (Wildman–Crippen MR) is 67.6 cm³/mol. The van der Waals surface area contributed by atoms with Crippen molar-refractivity contribution in [3.63, 3.8) is 0 Å². The Morgan fingerprint density at radius 1 is 1.00 bits per heavy atom. The van der Waals surface area contributed by atoms with Gasteiger partial charge in [0, 0.05) is 11.1 Å². The average molecular weight is 276 g/mol. The van der Waals surface area contributed by atoms with Crippen LogP contribution < -0.4 is 0 Å². The molecule has 0 heterocycles. The number of halogens is 2. The Hall–Kier alpha value is -2.56. The maximum absolute atomic E-state index is 13.3. The van der Waals surface area contributed by atoms with Crippen LogP contribution in [0.1, 0.15) is 21.5 Å². The number of rotatable bonds is 4. The number of ketones is 1. The largest absolute Gasteiger partial charge is 0.481 e. The molecule has 0 amide bonds. The van der Waals surface area contributed by atoms with Crippen LogP contribution in [0.4, 0.5) is 8.78 Å². The summed E-state index contributed by atoms with van der Waals surface area (Å²) >= 11 is 0.